The van der Waals surface area contributed by atoms with E-state index in [0.717, 1.165) is 6.07 Å². The van der Waals surface area contributed by atoms with Crippen LogP contribution in [0.3, 0.4) is 0 Å². The zero-order valence-electron chi connectivity index (χ0n) is 11.4. The van der Waals surface area contributed by atoms with Gasteiger partial charge in [-0.15, -0.1) is 0 Å². The second-order valence-corrected chi connectivity index (χ2v) is 5.38. The molecule has 0 saturated carbocycles. The lowest BCUT2D eigenvalue weighted by atomic mass is 10.1. The van der Waals surface area contributed by atoms with E-state index in [1.54, 1.807) is 13.8 Å². The Balaban J connectivity index is 2.44. The van der Waals surface area contributed by atoms with Crippen molar-refractivity contribution in [3.8, 4) is 0 Å². The summed E-state index contributed by atoms with van der Waals surface area (Å²) in [7, 11) is 0. The van der Waals surface area contributed by atoms with Gasteiger partial charge in [-0.2, -0.15) is 4.98 Å². The number of hydrogen-bond acceptors (Lipinski definition) is 3. The zero-order valence-corrected chi connectivity index (χ0v) is 12.9. The molecule has 0 bridgehead atoms. The number of aromatic carboxylic acids is 1. The van der Waals surface area contributed by atoms with E-state index >= 15 is 0 Å². The summed E-state index contributed by atoms with van der Waals surface area (Å²) >= 11 is 3.35. The van der Waals surface area contributed by atoms with Crippen LogP contribution in [-0.2, 0) is 6.54 Å². The predicted octanol–water partition coefficient (Wildman–Crippen LogP) is 2.51. The monoisotopic (exact) mass is 354 g/mol. The van der Waals surface area contributed by atoms with E-state index in [4.69, 9.17) is 5.11 Å². The Bertz CT molecular complexity index is 787. The van der Waals surface area contributed by atoms with E-state index in [2.05, 4.69) is 20.9 Å². The summed E-state index contributed by atoms with van der Waals surface area (Å²) in [6.07, 6.45) is 0. The first-order valence-corrected chi connectivity index (χ1v) is 6.86. The largest absolute Gasteiger partial charge is 0.478 e. The average molecular weight is 355 g/mol. The molecule has 2 aromatic rings. The molecule has 2 rings (SSSR count). The number of carboxylic acids is 1. The molecule has 0 unspecified atom stereocenters. The van der Waals surface area contributed by atoms with Gasteiger partial charge in [0, 0.05) is 5.69 Å². The number of nitrogens with zero attached hydrogens (tertiary/aromatic N) is 2. The van der Waals surface area contributed by atoms with Crippen molar-refractivity contribution >= 4 is 21.9 Å². The van der Waals surface area contributed by atoms with Crippen molar-refractivity contribution in [1.29, 1.82) is 0 Å². The number of aryl methyl sites for hydroxylation is 1. The summed E-state index contributed by atoms with van der Waals surface area (Å²) < 4.78 is 15.8. The summed E-state index contributed by atoms with van der Waals surface area (Å²) in [5.74, 6) is -2.16. The van der Waals surface area contributed by atoms with E-state index in [1.165, 1.54) is 16.7 Å². The normalized spacial score (nSPS) is 10.7. The van der Waals surface area contributed by atoms with Gasteiger partial charge < -0.3 is 5.11 Å². The van der Waals surface area contributed by atoms with Gasteiger partial charge in [0.05, 0.1) is 22.3 Å². The van der Waals surface area contributed by atoms with Gasteiger partial charge in [-0.1, -0.05) is 6.07 Å². The van der Waals surface area contributed by atoms with Crippen LogP contribution < -0.4 is 5.69 Å². The third-order valence-electron chi connectivity index (χ3n) is 3.14. The molecule has 0 amide bonds. The highest BCUT2D eigenvalue weighted by atomic mass is 79.9. The number of aromatic nitrogens is 2. The Hall–Kier alpha value is -2.02. The molecule has 1 N–H and O–H groups in total. The summed E-state index contributed by atoms with van der Waals surface area (Å²) in [4.78, 5) is 26.6. The molecule has 0 aliphatic rings. The topological polar surface area (TPSA) is 72.2 Å². The summed E-state index contributed by atoms with van der Waals surface area (Å²) in [6, 6.07) is 3.78. The van der Waals surface area contributed by atoms with Crippen LogP contribution in [0.25, 0.3) is 0 Å². The van der Waals surface area contributed by atoms with Gasteiger partial charge in [-0.25, -0.2) is 14.0 Å². The van der Waals surface area contributed by atoms with Crippen LogP contribution in [-0.4, -0.2) is 20.6 Å². The summed E-state index contributed by atoms with van der Waals surface area (Å²) in [6.45, 7) is 3.58. The molecule has 0 saturated heterocycles. The zero-order chi connectivity index (χ0) is 15.7. The second kappa shape index (κ2) is 5.77. The molecule has 0 aliphatic heterocycles. The first kappa shape index (κ1) is 15.4. The van der Waals surface area contributed by atoms with E-state index < -0.39 is 23.0 Å². The van der Waals surface area contributed by atoms with E-state index in [-0.39, 0.29) is 6.54 Å². The lowest BCUT2D eigenvalue weighted by Crippen LogP contribution is -2.27. The fourth-order valence-corrected chi connectivity index (χ4v) is 2.28. The average Bonchev–Trinajstić information content (AvgIpc) is 2.41. The number of halogens is 2. The molecule has 0 spiro atoms. The van der Waals surface area contributed by atoms with Crippen molar-refractivity contribution < 1.29 is 14.3 Å². The molecule has 0 aliphatic carbocycles. The third-order valence-corrected chi connectivity index (χ3v) is 4.29. The summed E-state index contributed by atoms with van der Waals surface area (Å²) in [5, 5.41) is 8.79. The molecule has 5 nitrogen and oxygen atoms in total. The van der Waals surface area contributed by atoms with Gasteiger partial charge in [0.25, 0.3) is 0 Å². The molecular formula is C14H12BrFN2O3. The minimum atomic E-state index is -1.33. The fourth-order valence-electron chi connectivity index (χ4n) is 1.98. The van der Waals surface area contributed by atoms with Gasteiger partial charge in [0.15, 0.2) is 0 Å². The van der Waals surface area contributed by atoms with Crippen molar-refractivity contribution in [1.82, 2.24) is 9.55 Å². The van der Waals surface area contributed by atoms with Crippen LogP contribution in [0.15, 0.2) is 27.5 Å². The van der Waals surface area contributed by atoms with Gasteiger partial charge in [-0.3, -0.25) is 4.57 Å². The molecule has 1 aromatic heterocycles. The first-order chi connectivity index (χ1) is 9.81. The van der Waals surface area contributed by atoms with Crippen molar-refractivity contribution in [2.75, 3.05) is 0 Å². The van der Waals surface area contributed by atoms with Crippen LogP contribution >= 0.6 is 15.9 Å². The molecule has 7 heteroatoms. The quantitative estimate of drug-likeness (QED) is 0.918. The van der Waals surface area contributed by atoms with Gasteiger partial charge in [0.2, 0.25) is 0 Å². The van der Waals surface area contributed by atoms with E-state index in [0.29, 0.717) is 21.4 Å². The van der Waals surface area contributed by atoms with Crippen LogP contribution in [0.5, 0.6) is 0 Å². The predicted molar refractivity (Wildman–Crippen MR) is 78.1 cm³/mol. The van der Waals surface area contributed by atoms with E-state index in [1.807, 2.05) is 0 Å². The standard InChI is InChI=1S/C14H12BrFN2O3/c1-7-12(15)8(2)18(14(21)17-7)6-9-3-4-10(13(19)20)11(16)5-9/h3-5H,6H2,1-2H3,(H,19,20). The lowest BCUT2D eigenvalue weighted by Gasteiger charge is -2.12. The molecule has 0 radical (unpaired) electrons. The molecular weight excluding hydrogens is 343 g/mol. The number of carbonyl (C=O) groups is 1. The van der Waals surface area contributed by atoms with Crippen LogP contribution in [0.1, 0.15) is 27.3 Å². The minimum Gasteiger partial charge on any atom is -0.478 e. The van der Waals surface area contributed by atoms with Gasteiger partial charge >= 0.3 is 11.7 Å². The minimum absolute atomic E-state index is 0.118. The Kier molecular flexibility index (Phi) is 4.22. The number of carboxylic acid groups (broad SMARTS) is 1. The Morgan fingerprint density at radius 2 is 2.10 bits per heavy atom. The van der Waals surface area contributed by atoms with Crippen molar-refractivity contribution in [2.24, 2.45) is 0 Å². The Labute approximate surface area is 128 Å². The smallest absolute Gasteiger partial charge is 0.348 e. The van der Waals surface area contributed by atoms with Crippen molar-refractivity contribution in [3.05, 3.63) is 61.5 Å². The van der Waals surface area contributed by atoms with E-state index in [9.17, 15) is 14.0 Å². The van der Waals surface area contributed by atoms with Crippen molar-refractivity contribution in [2.45, 2.75) is 20.4 Å². The molecule has 110 valence electrons. The number of benzene rings is 1. The molecule has 21 heavy (non-hydrogen) atoms. The van der Waals surface area contributed by atoms with Crippen LogP contribution in [0.4, 0.5) is 4.39 Å². The number of rotatable bonds is 3. The molecule has 1 aromatic carbocycles. The maximum Gasteiger partial charge on any atom is 0.348 e. The van der Waals surface area contributed by atoms with Crippen molar-refractivity contribution in [3.63, 3.8) is 0 Å². The van der Waals surface area contributed by atoms with Gasteiger partial charge in [-0.05, 0) is 47.5 Å². The SMILES string of the molecule is Cc1nc(=O)n(Cc2ccc(C(=O)O)c(F)c2)c(C)c1Br. The molecule has 0 atom stereocenters. The number of hydrogen-bond donors (Lipinski definition) is 1. The highest BCUT2D eigenvalue weighted by Gasteiger charge is 2.13. The third kappa shape index (κ3) is 3.02. The fraction of sp³-hybridized carbons (Fsp3) is 0.214. The Morgan fingerprint density at radius 1 is 1.43 bits per heavy atom. The second-order valence-electron chi connectivity index (χ2n) is 4.58. The van der Waals surface area contributed by atoms with Crippen LogP contribution in [0.2, 0.25) is 0 Å². The molecule has 1 heterocycles. The summed E-state index contributed by atoms with van der Waals surface area (Å²) in [5.41, 5.74) is 0.915. The first-order valence-electron chi connectivity index (χ1n) is 6.06. The van der Waals surface area contributed by atoms with Crippen LogP contribution in [0, 0.1) is 19.7 Å². The highest BCUT2D eigenvalue weighted by molar-refractivity contribution is 9.10. The maximum atomic E-state index is 13.7. The lowest BCUT2D eigenvalue weighted by molar-refractivity contribution is 0.0692. The Morgan fingerprint density at radius 3 is 2.67 bits per heavy atom. The highest BCUT2D eigenvalue weighted by Crippen LogP contribution is 2.18. The van der Waals surface area contributed by atoms with Gasteiger partial charge in [0.1, 0.15) is 5.82 Å². The maximum absolute atomic E-state index is 13.7. The molecule has 0 fully saturated rings.